The largest absolute Gasteiger partial charge is 0.513 e. The van der Waals surface area contributed by atoms with Crippen LogP contribution in [0.15, 0.2) is 59.1 Å². The number of Topliss-reactive ketones (excluding diaryl/α,β-unsaturated/α-hetero) is 2. The number of nitrogens with two attached hydrogens (primary N) is 1. The molecule has 0 unspecified atom stereocenters. The predicted molar refractivity (Wildman–Crippen MR) is 142 cm³/mol. The Morgan fingerprint density at radius 1 is 1.05 bits per heavy atom. The molecule has 0 bridgehead atoms. The molecule has 3 aliphatic carbocycles. The van der Waals surface area contributed by atoms with Gasteiger partial charge in [-0.25, -0.2) is 4.79 Å². The highest BCUT2D eigenvalue weighted by Crippen LogP contribution is 2.53. The summed E-state index contributed by atoms with van der Waals surface area (Å²) in [6.07, 6.45) is -0.770. The maximum atomic E-state index is 13.9. The minimum absolute atomic E-state index is 0.0211. The number of hydrogen-bond acceptors (Lipinski definition) is 11. The molecule has 0 heterocycles. The Hall–Kier alpha value is -4.68. The number of fused-ring (bicyclic) bond motifs is 3. The average Bonchev–Trinajstić information content (AvgIpc) is 2.91. The van der Waals surface area contributed by atoms with E-state index in [1.165, 1.54) is 30.2 Å². The number of likely N-dealkylation sites (N-methyl/N-ethyl adjacent to an activating group) is 1. The Balaban J connectivity index is 1.64. The van der Waals surface area contributed by atoms with Gasteiger partial charge in [0.25, 0.3) is 5.91 Å². The highest BCUT2D eigenvalue weighted by molar-refractivity contribution is 6.24. The van der Waals surface area contributed by atoms with Crippen LogP contribution < -0.4 is 10.5 Å². The molecule has 2 aromatic carbocycles. The van der Waals surface area contributed by atoms with Gasteiger partial charge in [0.15, 0.2) is 11.4 Å². The van der Waals surface area contributed by atoms with Gasteiger partial charge in [0.05, 0.1) is 18.7 Å². The Labute approximate surface area is 233 Å². The van der Waals surface area contributed by atoms with Gasteiger partial charge in [-0.2, -0.15) is 0 Å². The molecular formula is C29H28N2O10. The summed E-state index contributed by atoms with van der Waals surface area (Å²) in [6.45, 7) is 0. The summed E-state index contributed by atoms with van der Waals surface area (Å²) in [6, 6.07) is 8.27. The molecule has 0 saturated heterocycles. The highest BCUT2D eigenvalue weighted by Gasteiger charge is 2.63. The summed E-state index contributed by atoms with van der Waals surface area (Å²) < 4.78 is 9.51. The molecule has 0 spiro atoms. The van der Waals surface area contributed by atoms with E-state index in [0.29, 0.717) is 16.7 Å². The van der Waals surface area contributed by atoms with E-state index in [4.69, 9.17) is 10.5 Å². The van der Waals surface area contributed by atoms with Crippen molar-refractivity contribution in [1.82, 2.24) is 4.90 Å². The lowest BCUT2D eigenvalue weighted by Crippen LogP contribution is -2.63. The maximum Gasteiger partial charge on any atom is 0.513 e. The van der Waals surface area contributed by atoms with Gasteiger partial charge in [-0.3, -0.25) is 19.3 Å². The number of carbonyl (C=O) groups is 4. The number of aliphatic hydroxyl groups excluding tert-OH is 2. The fourth-order valence-electron chi connectivity index (χ4n) is 6.36. The number of methoxy groups -OCH3 is 1. The molecule has 0 saturated carbocycles. The van der Waals surface area contributed by atoms with Crippen molar-refractivity contribution in [1.29, 1.82) is 0 Å². The lowest BCUT2D eigenvalue weighted by Gasteiger charge is -2.50. The van der Waals surface area contributed by atoms with E-state index in [0.717, 1.165) is 0 Å². The van der Waals surface area contributed by atoms with Crippen LogP contribution in [0.25, 0.3) is 11.1 Å². The number of benzene rings is 2. The Bertz CT molecular complexity index is 1570. The Kier molecular flexibility index (Phi) is 6.63. The third kappa shape index (κ3) is 4.06. The third-order valence-corrected chi connectivity index (χ3v) is 8.14. The van der Waals surface area contributed by atoms with Crippen LogP contribution in [0.1, 0.15) is 22.3 Å². The standard InChI is InChI=1S/C29H28N2O10/c1-31(2)22-17-11-13-10-16-15(12-4-6-14(7-5-12)41-28(38)40-3)8-9-18(32)20(16)23(33)19(13)25(35)29(17,39)26(36)21(24(22)34)27(30)37/h4-9,13,17,22,32,34-35,39H,10-11H2,1-3H3,(H2,30,37)/t13-,17-,22-,29-/m0/s1. The van der Waals surface area contributed by atoms with Gasteiger partial charge in [0.1, 0.15) is 28.6 Å². The van der Waals surface area contributed by atoms with Gasteiger partial charge in [-0.15, -0.1) is 0 Å². The predicted octanol–water partition coefficient (Wildman–Crippen LogP) is 1.93. The number of nitrogens with zero attached hydrogens (tertiary/aromatic N) is 1. The second kappa shape index (κ2) is 9.75. The van der Waals surface area contributed by atoms with Crippen molar-refractivity contribution in [2.75, 3.05) is 21.2 Å². The number of amides is 1. The molecule has 6 N–H and O–H groups in total. The molecule has 214 valence electrons. The van der Waals surface area contributed by atoms with Crippen LogP contribution in [-0.2, 0) is 20.7 Å². The van der Waals surface area contributed by atoms with E-state index in [1.54, 1.807) is 32.3 Å². The van der Waals surface area contributed by atoms with Crippen LogP contribution in [0.3, 0.4) is 0 Å². The van der Waals surface area contributed by atoms with Crippen LogP contribution in [0.4, 0.5) is 4.79 Å². The van der Waals surface area contributed by atoms with E-state index >= 15 is 0 Å². The van der Waals surface area contributed by atoms with E-state index in [2.05, 4.69) is 4.74 Å². The molecule has 0 fully saturated rings. The van der Waals surface area contributed by atoms with E-state index < -0.39 is 64.2 Å². The summed E-state index contributed by atoms with van der Waals surface area (Å²) in [5.74, 6) is -6.86. The normalized spacial score (nSPS) is 25.4. The molecule has 1 amide bonds. The number of allylic oxidation sites excluding steroid dienone is 1. The highest BCUT2D eigenvalue weighted by atomic mass is 16.7. The smallest absolute Gasteiger partial charge is 0.510 e. The molecular weight excluding hydrogens is 536 g/mol. The summed E-state index contributed by atoms with van der Waals surface area (Å²) in [5, 5.41) is 44.7. The van der Waals surface area contributed by atoms with Crippen LogP contribution >= 0.6 is 0 Å². The van der Waals surface area contributed by atoms with E-state index in [-0.39, 0.29) is 35.5 Å². The van der Waals surface area contributed by atoms with E-state index in [1.807, 2.05) is 0 Å². The zero-order chi connectivity index (χ0) is 30.0. The number of phenols is 1. The monoisotopic (exact) mass is 564 g/mol. The molecule has 2 aromatic rings. The molecule has 0 radical (unpaired) electrons. The summed E-state index contributed by atoms with van der Waals surface area (Å²) in [5.41, 5.74) is 3.17. The molecule has 12 heteroatoms. The number of aromatic hydroxyl groups is 1. The number of primary amides is 1. The molecule has 0 aliphatic heterocycles. The molecule has 4 atom stereocenters. The first kappa shape index (κ1) is 27.9. The van der Waals surface area contributed by atoms with Gasteiger partial charge < -0.3 is 35.6 Å². The van der Waals surface area contributed by atoms with Crippen LogP contribution in [0.2, 0.25) is 0 Å². The average molecular weight is 565 g/mol. The van der Waals surface area contributed by atoms with E-state index in [9.17, 15) is 39.6 Å². The number of ether oxygens (including phenoxy) is 2. The molecule has 41 heavy (non-hydrogen) atoms. The number of rotatable bonds is 4. The van der Waals surface area contributed by atoms with Gasteiger partial charge in [0, 0.05) is 11.5 Å². The van der Waals surface area contributed by atoms with Gasteiger partial charge in [-0.05, 0) is 67.7 Å². The number of aliphatic hydroxyl groups is 3. The molecule has 5 rings (SSSR count). The molecule has 0 aromatic heterocycles. The molecule has 12 nitrogen and oxygen atoms in total. The first-order valence-corrected chi connectivity index (χ1v) is 12.7. The zero-order valence-corrected chi connectivity index (χ0v) is 22.4. The van der Waals surface area contributed by atoms with Crippen molar-refractivity contribution in [2.45, 2.75) is 24.5 Å². The number of hydrogen-bond donors (Lipinski definition) is 5. The van der Waals surface area contributed by atoms with Crippen molar-refractivity contribution in [3.05, 3.63) is 70.2 Å². The van der Waals surface area contributed by atoms with Crippen molar-refractivity contribution < 1.29 is 49.1 Å². The van der Waals surface area contributed by atoms with Crippen LogP contribution in [0, 0.1) is 11.8 Å². The minimum atomic E-state index is -2.70. The topological polar surface area (TPSA) is 197 Å². The second-order valence-corrected chi connectivity index (χ2v) is 10.5. The summed E-state index contributed by atoms with van der Waals surface area (Å²) in [7, 11) is 4.31. The number of carbonyl (C=O) groups excluding carboxylic acids is 4. The van der Waals surface area contributed by atoms with Gasteiger partial charge in [0.2, 0.25) is 5.78 Å². The van der Waals surface area contributed by atoms with Gasteiger partial charge in [-0.1, -0.05) is 18.2 Å². The number of phenolic OH excluding ortho intramolecular Hbond substituents is 1. The maximum absolute atomic E-state index is 13.9. The fraction of sp³-hybridized carbons (Fsp3) is 0.310. The summed E-state index contributed by atoms with van der Waals surface area (Å²) >= 11 is 0. The van der Waals surface area contributed by atoms with Crippen molar-refractivity contribution in [2.24, 2.45) is 17.6 Å². The number of ketones is 2. The first-order chi connectivity index (χ1) is 19.3. The van der Waals surface area contributed by atoms with Gasteiger partial charge >= 0.3 is 6.16 Å². The van der Waals surface area contributed by atoms with Crippen molar-refractivity contribution in [3.63, 3.8) is 0 Å². The van der Waals surface area contributed by atoms with Crippen molar-refractivity contribution >= 4 is 23.6 Å². The van der Waals surface area contributed by atoms with Crippen LogP contribution in [0.5, 0.6) is 11.5 Å². The third-order valence-electron chi connectivity index (χ3n) is 8.14. The van der Waals surface area contributed by atoms with Crippen LogP contribution in [-0.4, -0.2) is 81.8 Å². The van der Waals surface area contributed by atoms with Crippen molar-refractivity contribution in [3.8, 4) is 22.6 Å². The second-order valence-electron chi connectivity index (χ2n) is 10.5. The SMILES string of the molecule is COC(=O)Oc1ccc(-c2ccc(O)c3c2C[C@H]2C[C@H]4[C@H](N(C)C)C(O)=C(C(N)=O)C(=O)[C@@]4(O)C(O)=C2C3=O)cc1. The summed E-state index contributed by atoms with van der Waals surface area (Å²) in [4.78, 5) is 52.3. The fourth-order valence-corrected chi connectivity index (χ4v) is 6.36. The Morgan fingerprint density at radius 3 is 2.29 bits per heavy atom. The lowest BCUT2D eigenvalue weighted by atomic mass is 9.58. The quantitative estimate of drug-likeness (QED) is 0.207. The molecule has 3 aliphatic rings. The zero-order valence-electron chi connectivity index (χ0n) is 22.4. The Morgan fingerprint density at radius 2 is 1.71 bits per heavy atom. The minimum Gasteiger partial charge on any atom is -0.510 e. The first-order valence-electron chi connectivity index (χ1n) is 12.7. The lowest BCUT2D eigenvalue weighted by molar-refractivity contribution is -0.148.